The molecule has 2 aromatic rings. The van der Waals surface area contributed by atoms with E-state index in [9.17, 15) is 9.59 Å². The second kappa shape index (κ2) is 8.12. The lowest BCUT2D eigenvalue weighted by molar-refractivity contribution is 0.0868. The van der Waals surface area contributed by atoms with Gasteiger partial charge in [-0.3, -0.25) is 14.9 Å². The van der Waals surface area contributed by atoms with Gasteiger partial charge in [0.05, 0.1) is 7.11 Å². The number of carbonyl (C=O) groups excluding carboxylic acids is 2. The maximum Gasteiger partial charge on any atom is 0.271 e. The number of anilines is 1. The smallest absolute Gasteiger partial charge is 0.271 e. The lowest BCUT2D eigenvalue weighted by Crippen LogP contribution is -2.62. The molecule has 7 nitrogen and oxygen atoms in total. The van der Waals surface area contributed by atoms with Crippen LogP contribution in [0.3, 0.4) is 0 Å². The average Bonchev–Trinajstić information content (AvgIpc) is 3.07. The van der Waals surface area contributed by atoms with Crippen LogP contribution in [-0.4, -0.2) is 41.0 Å². The number of hydrogen-bond donors (Lipinski definition) is 3. The molecule has 0 spiro atoms. The Bertz CT molecular complexity index is 874. The van der Waals surface area contributed by atoms with Crippen LogP contribution in [0, 0.1) is 0 Å². The van der Waals surface area contributed by atoms with E-state index in [0.29, 0.717) is 22.1 Å². The minimum absolute atomic E-state index is 0.0563. The van der Waals surface area contributed by atoms with Gasteiger partial charge in [-0.1, -0.05) is 0 Å². The zero-order valence-corrected chi connectivity index (χ0v) is 18.3. The van der Waals surface area contributed by atoms with Crippen molar-refractivity contribution < 1.29 is 14.3 Å². The molecule has 156 valence electrons. The van der Waals surface area contributed by atoms with Crippen molar-refractivity contribution in [3.63, 3.8) is 0 Å². The van der Waals surface area contributed by atoms with Gasteiger partial charge in [0.2, 0.25) is 0 Å². The van der Waals surface area contributed by atoms with E-state index >= 15 is 0 Å². The maximum absolute atomic E-state index is 12.7. The number of thiazole rings is 1. The van der Waals surface area contributed by atoms with E-state index in [1.165, 1.54) is 11.3 Å². The van der Waals surface area contributed by atoms with Gasteiger partial charge in [0, 0.05) is 28.1 Å². The SMILES string of the molecule is COc1ccc(C(=O)Nc2nc(C(=O)NC3CC(C)(C)NC(C)(C)C3)cs2)cc1. The highest BCUT2D eigenvalue weighted by atomic mass is 32.1. The van der Waals surface area contributed by atoms with E-state index in [1.807, 2.05) is 0 Å². The summed E-state index contributed by atoms with van der Waals surface area (Å²) in [5.74, 6) is 0.180. The highest BCUT2D eigenvalue weighted by molar-refractivity contribution is 7.14. The predicted molar refractivity (Wildman–Crippen MR) is 115 cm³/mol. The average molecular weight is 417 g/mol. The summed E-state index contributed by atoms with van der Waals surface area (Å²) in [6, 6.07) is 6.86. The van der Waals surface area contributed by atoms with Gasteiger partial charge >= 0.3 is 0 Å². The van der Waals surface area contributed by atoms with Crippen molar-refractivity contribution >= 4 is 28.3 Å². The molecule has 0 unspecified atom stereocenters. The van der Waals surface area contributed by atoms with Crippen molar-refractivity contribution in [2.24, 2.45) is 0 Å². The number of amides is 2. The summed E-state index contributed by atoms with van der Waals surface area (Å²) in [7, 11) is 1.57. The van der Waals surface area contributed by atoms with Crippen molar-refractivity contribution in [2.45, 2.75) is 57.7 Å². The summed E-state index contributed by atoms with van der Waals surface area (Å²) in [5.41, 5.74) is 0.693. The normalized spacial score (nSPS) is 18.1. The third-order valence-electron chi connectivity index (χ3n) is 4.83. The number of ether oxygens (including phenoxy) is 1. The van der Waals surface area contributed by atoms with Crippen LogP contribution in [0.15, 0.2) is 29.6 Å². The molecule has 3 rings (SSSR count). The fourth-order valence-corrected chi connectivity index (χ4v) is 4.72. The molecule has 0 saturated carbocycles. The number of benzene rings is 1. The monoisotopic (exact) mass is 416 g/mol. The molecule has 0 aliphatic carbocycles. The molecule has 29 heavy (non-hydrogen) atoms. The maximum atomic E-state index is 12.7. The minimum atomic E-state index is -0.282. The Morgan fingerprint density at radius 3 is 2.31 bits per heavy atom. The van der Waals surface area contributed by atoms with E-state index in [2.05, 4.69) is 48.6 Å². The van der Waals surface area contributed by atoms with Crippen LogP contribution >= 0.6 is 11.3 Å². The largest absolute Gasteiger partial charge is 0.497 e. The Balaban J connectivity index is 1.61. The lowest BCUT2D eigenvalue weighted by atomic mass is 9.79. The zero-order valence-electron chi connectivity index (χ0n) is 17.5. The number of nitrogens with zero attached hydrogens (tertiary/aromatic N) is 1. The quantitative estimate of drug-likeness (QED) is 0.694. The van der Waals surface area contributed by atoms with Crippen molar-refractivity contribution in [2.75, 3.05) is 12.4 Å². The van der Waals surface area contributed by atoms with Crippen LogP contribution in [-0.2, 0) is 0 Å². The zero-order chi connectivity index (χ0) is 21.2. The first kappa shape index (κ1) is 21.3. The molecule has 2 amide bonds. The molecular weight excluding hydrogens is 388 g/mol. The fourth-order valence-electron chi connectivity index (χ4n) is 4.03. The van der Waals surface area contributed by atoms with Crippen LogP contribution in [0.5, 0.6) is 5.75 Å². The Hall–Kier alpha value is -2.45. The molecular formula is C21H28N4O3S. The number of aromatic nitrogens is 1. The summed E-state index contributed by atoms with van der Waals surface area (Å²) < 4.78 is 5.09. The Morgan fingerprint density at radius 1 is 1.10 bits per heavy atom. The lowest BCUT2D eigenvalue weighted by Gasteiger charge is -2.46. The third kappa shape index (κ3) is 5.55. The number of methoxy groups -OCH3 is 1. The standard InChI is InChI=1S/C21H28N4O3S/c1-20(2)10-14(11-21(3,4)25-20)22-18(27)16-12-29-19(23-16)24-17(26)13-6-8-15(28-5)9-7-13/h6-9,12,14,25H,10-11H2,1-5H3,(H,22,27)(H,23,24,26). The van der Waals surface area contributed by atoms with E-state index in [1.54, 1.807) is 36.8 Å². The molecule has 3 N–H and O–H groups in total. The summed E-state index contributed by atoms with van der Waals surface area (Å²) in [4.78, 5) is 29.3. The molecule has 0 bridgehead atoms. The highest BCUT2D eigenvalue weighted by Gasteiger charge is 2.38. The number of carbonyl (C=O) groups is 2. The Labute approximate surface area is 175 Å². The highest BCUT2D eigenvalue weighted by Crippen LogP contribution is 2.29. The molecule has 1 aliphatic rings. The summed E-state index contributed by atoms with van der Waals surface area (Å²) in [5, 5.41) is 11.5. The second-order valence-corrected chi connectivity index (χ2v) is 9.55. The summed E-state index contributed by atoms with van der Waals surface area (Å²) in [6.45, 7) is 8.57. The molecule has 0 radical (unpaired) electrons. The van der Waals surface area contributed by atoms with Crippen molar-refractivity contribution in [1.29, 1.82) is 0 Å². The van der Waals surface area contributed by atoms with E-state index in [0.717, 1.165) is 12.8 Å². The van der Waals surface area contributed by atoms with E-state index in [-0.39, 0.29) is 28.9 Å². The number of rotatable bonds is 5. The van der Waals surface area contributed by atoms with Crippen molar-refractivity contribution in [3.8, 4) is 5.75 Å². The number of nitrogens with one attached hydrogen (secondary N) is 3. The molecule has 1 aromatic carbocycles. The molecule has 8 heteroatoms. The Morgan fingerprint density at radius 2 is 1.72 bits per heavy atom. The van der Waals surface area contributed by atoms with Gasteiger partial charge in [-0.15, -0.1) is 11.3 Å². The van der Waals surface area contributed by atoms with E-state index in [4.69, 9.17) is 4.74 Å². The third-order valence-corrected chi connectivity index (χ3v) is 5.59. The summed E-state index contributed by atoms with van der Waals surface area (Å²) >= 11 is 1.23. The molecule has 2 heterocycles. The van der Waals surface area contributed by atoms with Crippen LogP contribution in [0.2, 0.25) is 0 Å². The van der Waals surface area contributed by atoms with Gasteiger partial charge in [0.25, 0.3) is 11.8 Å². The Kier molecular flexibility index (Phi) is 5.95. The topological polar surface area (TPSA) is 92.3 Å². The van der Waals surface area contributed by atoms with Crippen molar-refractivity contribution in [1.82, 2.24) is 15.6 Å². The first-order chi connectivity index (χ1) is 13.6. The summed E-state index contributed by atoms with van der Waals surface area (Å²) in [6.07, 6.45) is 1.68. The first-order valence-corrected chi connectivity index (χ1v) is 10.5. The predicted octanol–water partition coefficient (Wildman–Crippen LogP) is 3.44. The van der Waals surface area contributed by atoms with Gasteiger partial charge in [-0.25, -0.2) is 4.98 Å². The van der Waals surface area contributed by atoms with E-state index < -0.39 is 0 Å². The van der Waals surface area contributed by atoms with Gasteiger partial charge in [0.15, 0.2) is 5.13 Å². The van der Waals surface area contributed by atoms with Gasteiger partial charge in [-0.05, 0) is 64.8 Å². The molecule has 0 atom stereocenters. The van der Waals surface area contributed by atoms with Gasteiger partial charge in [-0.2, -0.15) is 0 Å². The van der Waals surface area contributed by atoms with Gasteiger partial charge < -0.3 is 15.4 Å². The van der Waals surface area contributed by atoms with Crippen LogP contribution in [0.4, 0.5) is 5.13 Å². The minimum Gasteiger partial charge on any atom is -0.497 e. The van der Waals surface area contributed by atoms with Crippen LogP contribution in [0.25, 0.3) is 0 Å². The molecule has 1 fully saturated rings. The van der Waals surface area contributed by atoms with Gasteiger partial charge in [0.1, 0.15) is 11.4 Å². The van der Waals surface area contributed by atoms with Crippen LogP contribution < -0.4 is 20.7 Å². The molecule has 1 aromatic heterocycles. The second-order valence-electron chi connectivity index (χ2n) is 8.69. The van der Waals surface area contributed by atoms with Crippen LogP contribution in [0.1, 0.15) is 61.4 Å². The molecule has 1 aliphatic heterocycles. The fraction of sp³-hybridized carbons (Fsp3) is 0.476. The van der Waals surface area contributed by atoms with Crippen molar-refractivity contribution in [3.05, 3.63) is 40.9 Å². The number of hydrogen-bond acceptors (Lipinski definition) is 6. The first-order valence-electron chi connectivity index (χ1n) is 9.58. The molecule has 1 saturated heterocycles. The number of piperidine rings is 1.